The summed E-state index contributed by atoms with van der Waals surface area (Å²) >= 11 is 1.04. The first kappa shape index (κ1) is 19.9. The Morgan fingerprint density at radius 1 is 1.14 bits per heavy atom. The van der Waals surface area contributed by atoms with Crippen LogP contribution in [0.3, 0.4) is 0 Å². The van der Waals surface area contributed by atoms with Crippen molar-refractivity contribution in [2.45, 2.75) is 30.0 Å². The van der Waals surface area contributed by atoms with E-state index >= 15 is 0 Å². The molecule has 0 fully saturated rings. The molecule has 5 nitrogen and oxygen atoms in total. The van der Waals surface area contributed by atoms with E-state index in [0.29, 0.717) is 12.3 Å². The summed E-state index contributed by atoms with van der Waals surface area (Å²) in [5, 5.41) is 9.91. The van der Waals surface area contributed by atoms with E-state index in [1.54, 1.807) is 6.92 Å². The predicted molar refractivity (Wildman–Crippen MR) is 98.9 cm³/mol. The molecule has 1 N–H and O–H groups in total. The van der Waals surface area contributed by atoms with E-state index in [0.717, 1.165) is 29.5 Å². The molecule has 3 rings (SSSR count). The summed E-state index contributed by atoms with van der Waals surface area (Å²) in [6.07, 6.45) is -4.00. The summed E-state index contributed by atoms with van der Waals surface area (Å²) in [5.74, 6) is -0.0497. The van der Waals surface area contributed by atoms with Crippen molar-refractivity contribution in [1.82, 2.24) is 10.2 Å². The zero-order valence-electron chi connectivity index (χ0n) is 14.7. The van der Waals surface area contributed by atoms with Crippen molar-refractivity contribution >= 4 is 23.4 Å². The van der Waals surface area contributed by atoms with Crippen LogP contribution < -0.4 is 5.32 Å². The fourth-order valence-corrected chi connectivity index (χ4v) is 3.05. The maximum Gasteiger partial charge on any atom is 0.416 e. The molecular weight excluding hydrogens is 391 g/mol. The van der Waals surface area contributed by atoms with Crippen LogP contribution in [0.1, 0.15) is 23.9 Å². The number of nitrogens with one attached hydrogen (secondary N) is 1. The number of halogens is 3. The minimum absolute atomic E-state index is 0.0718. The van der Waals surface area contributed by atoms with Gasteiger partial charge in [-0.3, -0.25) is 4.79 Å². The summed E-state index contributed by atoms with van der Waals surface area (Å²) in [7, 11) is 0. The lowest BCUT2D eigenvalue weighted by Crippen LogP contribution is -2.22. The van der Waals surface area contributed by atoms with Gasteiger partial charge in [-0.15, -0.1) is 10.2 Å². The molecule has 0 aliphatic carbocycles. The third-order valence-corrected chi connectivity index (χ3v) is 4.68. The molecule has 0 radical (unpaired) electrons. The monoisotopic (exact) mass is 407 g/mol. The van der Waals surface area contributed by atoms with Crippen LogP contribution in [-0.2, 0) is 17.4 Å². The van der Waals surface area contributed by atoms with Crippen LogP contribution in [0.25, 0.3) is 0 Å². The highest BCUT2D eigenvalue weighted by Crippen LogP contribution is 2.31. The van der Waals surface area contributed by atoms with Gasteiger partial charge in [-0.2, -0.15) is 13.2 Å². The molecule has 1 aromatic heterocycles. The van der Waals surface area contributed by atoms with Crippen molar-refractivity contribution < 1.29 is 22.4 Å². The van der Waals surface area contributed by atoms with Gasteiger partial charge in [0, 0.05) is 5.69 Å². The second-order valence-corrected chi connectivity index (χ2v) is 7.24. The molecule has 1 amide bonds. The second-order valence-electron chi connectivity index (χ2n) is 5.95. The quantitative estimate of drug-likeness (QED) is 0.595. The van der Waals surface area contributed by atoms with E-state index in [1.165, 1.54) is 12.1 Å². The molecule has 1 unspecified atom stereocenters. The summed E-state index contributed by atoms with van der Waals surface area (Å²) in [6.45, 7) is 1.61. The third kappa shape index (κ3) is 5.35. The number of rotatable bonds is 6. The fraction of sp³-hybridized carbons (Fsp3) is 0.211. The Bertz CT molecular complexity index is 945. The number of hydrogen-bond donors (Lipinski definition) is 1. The lowest BCUT2D eigenvalue weighted by atomic mass is 10.2. The van der Waals surface area contributed by atoms with Gasteiger partial charge in [-0.05, 0) is 30.7 Å². The molecule has 3 aromatic rings. The fourth-order valence-electron chi connectivity index (χ4n) is 2.35. The van der Waals surface area contributed by atoms with Gasteiger partial charge in [0.1, 0.15) is 0 Å². The number of amides is 1. The van der Waals surface area contributed by atoms with Crippen LogP contribution in [-0.4, -0.2) is 21.4 Å². The summed E-state index contributed by atoms with van der Waals surface area (Å²) in [6, 6.07) is 14.1. The van der Waals surface area contributed by atoms with E-state index in [2.05, 4.69) is 15.5 Å². The molecule has 2 aromatic carbocycles. The van der Waals surface area contributed by atoms with E-state index in [9.17, 15) is 18.0 Å². The second kappa shape index (κ2) is 8.47. The number of nitrogens with zero attached hydrogens (tertiary/aromatic N) is 2. The van der Waals surface area contributed by atoms with Crippen LogP contribution in [0.4, 0.5) is 18.9 Å². The average molecular weight is 407 g/mol. The maximum absolute atomic E-state index is 12.8. The first-order chi connectivity index (χ1) is 13.3. The molecule has 9 heteroatoms. The number of benzene rings is 2. The van der Waals surface area contributed by atoms with E-state index in [4.69, 9.17) is 4.42 Å². The topological polar surface area (TPSA) is 68.0 Å². The van der Waals surface area contributed by atoms with Gasteiger partial charge in [0.05, 0.1) is 17.2 Å². The number of carbonyl (C=O) groups is 1. The van der Waals surface area contributed by atoms with Gasteiger partial charge >= 0.3 is 6.18 Å². The number of alkyl halides is 3. The van der Waals surface area contributed by atoms with Crippen LogP contribution in [0.5, 0.6) is 0 Å². The molecule has 146 valence electrons. The Hall–Kier alpha value is -2.81. The van der Waals surface area contributed by atoms with Crippen LogP contribution in [0.2, 0.25) is 0 Å². The zero-order valence-corrected chi connectivity index (χ0v) is 15.6. The first-order valence-electron chi connectivity index (χ1n) is 8.32. The van der Waals surface area contributed by atoms with Gasteiger partial charge in [0.25, 0.3) is 5.22 Å². The van der Waals surface area contributed by atoms with Crippen LogP contribution >= 0.6 is 11.8 Å². The first-order valence-corrected chi connectivity index (χ1v) is 9.20. The molecule has 0 spiro atoms. The Morgan fingerprint density at radius 3 is 2.61 bits per heavy atom. The summed E-state index contributed by atoms with van der Waals surface area (Å²) in [5.41, 5.74) is 0.258. The Morgan fingerprint density at radius 2 is 1.89 bits per heavy atom. The van der Waals surface area contributed by atoms with Crippen molar-refractivity contribution in [3.05, 3.63) is 71.6 Å². The predicted octanol–water partition coefficient (Wildman–Crippen LogP) is 4.80. The van der Waals surface area contributed by atoms with E-state index in [1.807, 2.05) is 30.3 Å². The minimum atomic E-state index is -4.47. The number of thioether (sulfide) groups is 1. The molecule has 1 atom stereocenters. The average Bonchev–Trinajstić information content (AvgIpc) is 3.09. The number of hydrogen-bond acceptors (Lipinski definition) is 5. The Labute approximate surface area is 163 Å². The summed E-state index contributed by atoms with van der Waals surface area (Å²) in [4.78, 5) is 12.3. The molecule has 0 saturated carbocycles. The summed E-state index contributed by atoms with van der Waals surface area (Å²) < 4.78 is 43.8. The van der Waals surface area contributed by atoms with Crippen molar-refractivity contribution in [2.75, 3.05) is 5.32 Å². The molecular formula is C19H16F3N3O2S. The molecule has 0 aliphatic heterocycles. The maximum atomic E-state index is 12.8. The number of anilines is 1. The lowest BCUT2D eigenvalue weighted by Gasteiger charge is -2.12. The SMILES string of the molecule is CC(Sc1nnc(Cc2ccccc2)o1)C(=O)Nc1cccc(C(F)(F)F)c1. The van der Waals surface area contributed by atoms with E-state index in [-0.39, 0.29) is 10.9 Å². The molecule has 28 heavy (non-hydrogen) atoms. The highest BCUT2D eigenvalue weighted by atomic mass is 32.2. The number of carbonyl (C=O) groups excluding carboxylic acids is 1. The lowest BCUT2D eigenvalue weighted by molar-refractivity contribution is -0.137. The van der Waals surface area contributed by atoms with Gasteiger partial charge < -0.3 is 9.73 Å². The largest absolute Gasteiger partial charge is 0.416 e. The smallest absolute Gasteiger partial charge is 0.416 e. The highest BCUT2D eigenvalue weighted by Gasteiger charge is 2.30. The van der Waals surface area contributed by atoms with E-state index < -0.39 is 22.9 Å². The van der Waals surface area contributed by atoms with Crippen molar-refractivity contribution in [3.8, 4) is 0 Å². The standard InChI is InChI=1S/C19H16F3N3O2S/c1-12(17(26)23-15-9-5-8-14(11-15)19(20,21)22)28-18-25-24-16(27-18)10-13-6-3-2-4-7-13/h2-9,11-12H,10H2,1H3,(H,23,26). The Kier molecular flexibility index (Phi) is 6.03. The van der Waals surface area contributed by atoms with Crippen LogP contribution in [0.15, 0.2) is 64.2 Å². The van der Waals surface area contributed by atoms with Gasteiger partial charge in [0.2, 0.25) is 11.8 Å². The third-order valence-electron chi connectivity index (χ3n) is 3.75. The van der Waals surface area contributed by atoms with Gasteiger partial charge in [-0.1, -0.05) is 48.2 Å². The van der Waals surface area contributed by atoms with Crippen molar-refractivity contribution in [1.29, 1.82) is 0 Å². The van der Waals surface area contributed by atoms with Gasteiger partial charge in [0.15, 0.2) is 0 Å². The van der Waals surface area contributed by atoms with Gasteiger partial charge in [-0.25, -0.2) is 0 Å². The molecule has 0 saturated heterocycles. The molecule has 0 bridgehead atoms. The van der Waals surface area contributed by atoms with Crippen molar-refractivity contribution in [3.63, 3.8) is 0 Å². The molecule has 0 aliphatic rings. The number of aromatic nitrogens is 2. The zero-order chi connectivity index (χ0) is 20.1. The normalized spacial score (nSPS) is 12.6. The highest BCUT2D eigenvalue weighted by molar-refractivity contribution is 8.00. The van der Waals surface area contributed by atoms with Crippen molar-refractivity contribution in [2.24, 2.45) is 0 Å². The minimum Gasteiger partial charge on any atom is -0.416 e. The molecule has 1 heterocycles. The Balaban J connectivity index is 1.59. The van der Waals surface area contributed by atoms with Crippen LogP contribution in [0, 0.1) is 0 Å².